The number of ether oxygens (including phenoxy) is 1. The van der Waals surface area contributed by atoms with Crippen LogP contribution >= 0.6 is 0 Å². The number of benzene rings is 1. The monoisotopic (exact) mass is 301 g/mol. The van der Waals surface area contributed by atoms with E-state index in [9.17, 15) is 0 Å². The lowest BCUT2D eigenvalue weighted by atomic mass is 10.1. The van der Waals surface area contributed by atoms with E-state index < -0.39 is 0 Å². The fourth-order valence-corrected chi connectivity index (χ4v) is 2.36. The molecule has 0 unspecified atom stereocenters. The molecule has 0 saturated heterocycles. The predicted molar refractivity (Wildman–Crippen MR) is 88.7 cm³/mol. The van der Waals surface area contributed by atoms with Crippen molar-refractivity contribution < 1.29 is 4.74 Å². The van der Waals surface area contributed by atoms with Gasteiger partial charge in [-0.15, -0.1) is 5.10 Å². The number of aromatic nitrogens is 3. The third kappa shape index (κ3) is 4.39. The summed E-state index contributed by atoms with van der Waals surface area (Å²) in [5, 5.41) is 14.4. The van der Waals surface area contributed by atoms with Gasteiger partial charge in [0, 0.05) is 25.9 Å². The molecule has 0 atom stereocenters. The van der Waals surface area contributed by atoms with Crippen molar-refractivity contribution in [1.29, 1.82) is 0 Å². The molecule has 6 nitrogen and oxygen atoms in total. The second-order valence-corrected chi connectivity index (χ2v) is 5.34. The Morgan fingerprint density at radius 2 is 1.86 bits per heavy atom. The largest absolute Gasteiger partial charge is 0.385 e. The van der Waals surface area contributed by atoms with E-state index in [2.05, 4.69) is 58.7 Å². The number of nitrogens with zero attached hydrogens (tertiary/aromatic N) is 3. The first-order valence-corrected chi connectivity index (χ1v) is 7.37. The highest BCUT2D eigenvalue weighted by atomic mass is 16.5. The van der Waals surface area contributed by atoms with E-state index in [0.717, 1.165) is 18.7 Å². The number of anilines is 3. The van der Waals surface area contributed by atoms with Crippen LogP contribution in [0.4, 0.5) is 17.5 Å². The third-order valence-electron chi connectivity index (χ3n) is 3.30. The van der Waals surface area contributed by atoms with Gasteiger partial charge in [0.1, 0.15) is 0 Å². The minimum Gasteiger partial charge on any atom is -0.385 e. The van der Waals surface area contributed by atoms with Crippen LogP contribution in [0, 0.1) is 20.8 Å². The molecule has 0 bridgehead atoms. The first kappa shape index (κ1) is 16.2. The molecule has 0 spiro atoms. The number of hydrogen-bond acceptors (Lipinski definition) is 6. The van der Waals surface area contributed by atoms with Crippen molar-refractivity contribution in [1.82, 2.24) is 15.2 Å². The van der Waals surface area contributed by atoms with Crippen LogP contribution < -0.4 is 10.6 Å². The number of rotatable bonds is 7. The van der Waals surface area contributed by atoms with Crippen molar-refractivity contribution in [2.75, 3.05) is 30.9 Å². The zero-order chi connectivity index (χ0) is 15.9. The highest BCUT2D eigenvalue weighted by molar-refractivity contribution is 5.65. The Morgan fingerprint density at radius 1 is 1.14 bits per heavy atom. The molecule has 6 heteroatoms. The smallest absolute Gasteiger partial charge is 0.244 e. The Labute approximate surface area is 131 Å². The summed E-state index contributed by atoms with van der Waals surface area (Å²) in [5.41, 5.74) is 4.69. The topological polar surface area (TPSA) is 72.0 Å². The maximum absolute atomic E-state index is 5.01. The Balaban J connectivity index is 2.07. The van der Waals surface area contributed by atoms with Crippen LogP contribution in [0.2, 0.25) is 0 Å². The van der Waals surface area contributed by atoms with Crippen molar-refractivity contribution in [3.63, 3.8) is 0 Å². The van der Waals surface area contributed by atoms with E-state index >= 15 is 0 Å². The van der Waals surface area contributed by atoms with Gasteiger partial charge in [0.2, 0.25) is 5.95 Å². The first-order valence-electron chi connectivity index (χ1n) is 7.37. The molecule has 2 aromatic rings. The van der Waals surface area contributed by atoms with Crippen LogP contribution in [0.15, 0.2) is 18.3 Å². The molecule has 118 valence electrons. The summed E-state index contributed by atoms with van der Waals surface area (Å²) in [6.45, 7) is 7.72. The third-order valence-corrected chi connectivity index (χ3v) is 3.30. The van der Waals surface area contributed by atoms with Gasteiger partial charge in [-0.2, -0.15) is 10.1 Å². The normalized spacial score (nSPS) is 10.5. The van der Waals surface area contributed by atoms with E-state index in [1.54, 1.807) is 13.3 Å². The molecular formula is C16H23N5O. The van der Waals surface area contributed by atoms with Gasteiger partial charge in [-0.3, -0.25) is 0 Å². The highest BCUT2D eigenvalue weighted by Gasteiger charge is 2.06. The quantitative estimate of drug-likeness (QED) is 0.766. The Hall–Kier alpha value is -2.21. The van der Waals surface area contributed by atoms with Gasteiger partial charge in [0.05, 0.1) is 6.20 Å². The fourth-order valence-electron chi connectivity index (χ4n) is 2.36. The molecule has 2 rings (SSSR count). The molecule has 0 amide bonds. The van der Waals surface area contributed by atoms with Crippen LogP contribution in [0.3, 0.4) is 0 Å². The molecular weight excluding hydrogens is 278 g/mol. The molecule has 0 aliphatic rings. The number of hydrogen-bond donors (Lipinski definition) is 2. The van der Waals surface area contributed by atoms with Gasteiger partial charge in [-0.05, 0) is 38.3 Å². The van der Waals surface area contributed by atoms with Crippen LogP contribution in [0.5, 0.6) is 0 Å². The lowest BCUT2D eigenvalue weighted by Crippen LogP contribution is -2.09. The lowest BCUT2D eigenvalue weighted by Gasteiger charge is -2.13. The molecule has 0 radical (unpaired) electrons. The van der Waals surface area contributed by atoms with Crippen molar-refractivity contribution in [3.8, 4) is 0 Å². The predicted octanol–water partition coefficient (Wildman–Crippen LogP) is 2.99. The second-order valence-electron chi connectivity index (χ2n) is 5.34. The van der Waals surface area contributed by atoms with Gasteiger partial charge in [-0.25, -0.2) is 0 Å². The number of aryl methyl sites for hydroxylation is 3. The minimum atomic E-state index is 0.517. The number of nitrogens with one attached hydrogen (secondary N) is 2. The van der Waals surface area contributed by atoms with Crippen molar-refractivity contribution in [2.24, 2.45) is 0 Å². The Kier molecular flexibility index (Phi) is 5.66. The minimum absolute atomic E-state index is 0.517. The molecule has 2 N–H and O–H groups in total. The Morgan fingerprint density at radius 3 is 2.55 bits per heavy atom. The van der Waals surface area contributed by atoms with E-state index in [0.29, 0.717) is 18.4 Å². The number of methoxy groups -OCH3 is 1. The second kappa shape index (κ2) is 7.70. The first-order chi connectivity index (χ1) is 10.6. The molecule has 0 aliphatic heterocycles. The van der Waals surface area contributed by atoms with Gasteiger partial charge in [0.25, 0.3) is 0 Å². The van der Waals surface area contributed by atoms with Crippen molar-refractivity contribution in [2.45, 2.75) is 27.2 Å². The molecule has 1 aromatic carbocycles. The summed E-state index contributed by atoms with van der Waals surface area (Å²) >= 11 is 0. The average molecular weight is 301 g/mol. The van der Waals surface area contributed by atoms with Gasteiger partial charge < -0.3 is 15.4 Å². The molecule has 1 heterocycles. The molecule has 0 fully saturated rings. The lowest BCUT2D eigenvalue weighted by molar-refractivity contribution is 0.197. The molecule has 22 heavy (non-hydrogen) atoms. The van der Waals surface area contributed by atoms with Crippen LogP contribution in [-0.4, -0.2) is 35.4 Å². The molecule has 0 saturated carbocycles. The van der Waals surface area contributed by atoms with Crippen molar-refractivity contribution in [3.05, 3.63) is 35.0 Å². The van der Waals surface area contributed by atoms with Crippen LogP contribution in [-0.2, 0) is 4.74 Å². The highest BCUT2D eigenvalue weighted by Crippen LogP contribution is 2.24. The van der Waals surface area contributed by atoms with Crippen LogP contribution in [0.1, 0.15) is 23.1 Å². The summed E-state index contributed by atoms with van der Waals surface area (Å²) in [6.07, 6.45) is 2.52. The van der Waals surface area contributed by atoms with Crippen molar-refractivity contribution >= 4 is 17.5 Å². The summed E-state index contributed by atoms with van der Waals surface area (Å²) < 4.78 is 5.01. The average Bonchev–Trinajstić information content (AvgIpc) is 2.48. The zero-order valence-electron chi connectivity index (χ0n) is 13.6. The maximum Gasteiger partial charge on any atom is 0.244 e. The summed E-state index contributed by atoms with van der Waals surface area (Å²) in [5.74, 6) is 1.20. The maximum atomic E-state index is 5.01. The van der Waals surface area contributed by atoms with E-state index in [-0.39, 0.29) is 0 Å². The van der Waals surface area contributed by atoms with E-state index in [1.165, 1.54) is 16.7 Å². The van der Waals surface area contributed by atoms with Crippen LogP contribution in [0.25, 0.3) is 0 Å². The SMILES string of the molecule is COCCCNc1nncc(Nc2c(C)cc(C)cc2C)n1. The fraction of sp³-hybridized carbons (Fsp3) is 0.438. The standard InChI is InChI=1S/C16H23N5O/c1-11-8-12(2)15(13(3)9-11)19-14-10-18-21-16(20-14)17-6-5-7-22-4/h8-10H,5-7H2,1-4H3,(H2,17,19,20,21). The van der Waals surface area contributed by atoms with Gasteiger partial charge in [0.15, 0.2) is 5.82 Å². The summed E-state index contributed by atoms with van der Waals surface area (Å²) in [4.78, 5) is 4.43. The van der Waals surface area contributed by atoms with E-state index in [1.807, 2.05) is 0 Å². The summed E-state index contributed by atoms with van der Waals surface area (Å²) in [7, 11) is 1.69. The Bertz CT molecular complexity index is 607. The van der Waals surface area contributed by atoms with E-state index in [4.69, 9.17) is 4.74 Å². The molecule has 0 aliphatic carbocycles. The zero-order valence-corrected chi connectivity index (χ0v) is 13.6. The summed E-state index contributed by atoms with van der Waals surface area (Å²) in [6, 6.07) is 4.29. The van der Waals surface area contributed by atoms with Gasteiger partial charge >= 0.3 is 0 Å². The van der Waals surface area contributed by atoms with Gasteiger partial charge in [-0.1, -0.05) is 17.7 Å². The molecule has 1 aromatic heterocycles.